The predicted molar refractivity (Wildman–Crippen MR) is 58.4 cm³/mol. The number of pyridine rings is 1. The lowest BCUT2D eigenvalue weighted by molar-refractivity contribution is -0.254. The standard InChI is InChI=1S/C11H8F3NO2S/c1-4-3-6(11(12,13)14)7-5(2)8(10(16)17)18-9(7)15-4/h3H,1-2H3,(H,16,17)/p-1. The van der Waals surface area contributed by atoms with Crippen molar-refractivity contribution in [1.82, 2.24) is 4.98 Å². The summed E-state index contributed by atoms with van der Waals surface area (Å²) in [5.41, 5.74) is -0.609. The molecule has 0 saturated carbocycles. The zero-order valence-electron chi connectivity index (χ0n) is 9.38. The topological polar surface area (TPSA) is 53.0 Å². The van der Waals surface area contributed by atoms with Crippen molar-refractivity contribution in [3.63, 3.8) is 0 Å². The minimum absolute atomic E-state index is 0.0508. The van der Waals surface area contributed by atoms with E-state index in [4.69, 9.17) is 0 Å². The molecule has 0 aliphatic carbocycles. The van der Waals surface area contributed by atoms with E-state index in [-0.39, 0.29) is 26.4 Å². The van der Waals surface area contributed by atoms with Gasteiger partial charge in [0.15, 0.2) is 0 Å². The van der Waals surface area contributed by atoms with E-state index in [1.54, 1.807) is 0 Å². The van der Waals surface area contributed by atoms with Crippen LogP contribution in [0, 0.1) is 13.8 Å². The SMILES string of the molecule is Cc1cc(C(F)(F)F)c2c(C)c(C(=O)[O-])sc2n1. The number of nitrogens with zero attached hydrogens (tertiary/aromatic N) is 1. The average Bonchev–Trinajstić information content (AvgIpc) is 2.53. The molecule has 0 amide bonds. The van der Waals surface area contributed by atoms with E-state index in [0.29, 0.717) is 11.3 Å². The van der Waals surface area contributed by atoms with Crippen molar-refractivity contribution >= 4 is 27.5 Å². The number of carbonyl (C=O) groups excluding carboxylic acids is 1. The van der Waals surface area contributed by atoms with E-state index in [9.17, 15) is 23.1 Å². The number of carboxylic acid groups (broad SMARTS) is 1. The van der Waals surface area contributed by atoms with Gasteiger partial charge in [0, 0.05) is 11.1 Å². The molecule has 0 bridgehead atoms. The molecule has 0 aliphatic rings. The molecule has 0 N–H and O–H groups in total. The Kier molecular flexibility index (Phi) is 2.81. The van der Waals surface area contributed by atoms with Crippen molar-refractivity contribution in [1.29, 1.82) is 0 Å². The molecule has 2 heterocycles. The molecular weight excluding hydrogens is 267 g/mol. The van der Waals surface area contributed by atoms with Gasteiger partial charge in [0.2, 0.25) is 0 Å². The summed E-state index contributed by atoms with van der Waals surface area (Å²) in [6.07, 6.45) is -4.54. The first-order chi connectivity index (χ1) is 8.21. The summed E-state index contributed by atoms with van der Waals surface area (Å²) in [7, 11) is 0. The third-order valence-electron chi connectivity index (χ3n) is 2.52. The van der Waals surface area contributed by atoms with Crippen LogP contribution in [-0.2, 0) is 6.18 Å². The van der Waals surface area contributed by atoms with Gasteiger partial charge in [-0.1, -0.05) is 0 Å². The van der Waals surface area contributed by atoms with Crippen LogP contribution in [0.15, 0.2) is 6.07 Å². The highest BCUT2D eigenvalue weighted by Crippen LogP contribution is 2.40. The van der Waals surface area contributed by atoms with Crippen LogP contribution in [0.3, 0.4) is 0 Å². The van der Waals surface area contributed by atoms with E-state index in [1.807, 2.05) is 0 Å². The summed E-state index contributed by atoms with van der Waals surface area (Å²) in [6.45, 7) is 2.76. The van der Waals surface area contributed by atoms with Crippen LogP contribution < -0.4 is 5.11 Å². The Balaban J connectivity index is 2.91. The predicted octanol–water partition coefficient (Wildman–Crippen LogP) is 2.30. The van der Waals surface area contributed by atoms with E-state index in [1.165, 1.54) is 13.8 Å². The highest BCUT2D eigenvalue weighted by atomic mass is 32.1. The molecular formula is C11H7F3NO2S-. The molecule has 0 saturated heterocycles. The van der Waals surface area contributed by atoms with Gasteiger partial charge >= 0.3 is 6.18 Å². The molecule has 0 aliphatic heterocycles. The van der Waals surface area contributed by atoms with Crippen LogP contribution in [0.2, 0.25) is 0 Å². The van der Waals surface area contributed by atoms with Crippen LogP contribution in [0.4, 0.5) is 13.2 Å². The van der Waals surface area contributed by atoms with Crippen LogP contribution in [0.25, 0.3) is 10.2 Å². The molecule has 0 atom stereocenters. The molecule has 2 aromatic heterocycles. The van der Waals surface area contributed by atoms with E-state index in [0.717, 1.165) is 6.07 Å². The molecule has 0 unspecified atom stereocenters. The van der Waals surface area contributed by atoms with Gasteiger partial charge in [-0.05, 0) is 25.5 Å². The van der Waals surface area contributed by atoms with Gasteiger partial charge in [-0.3, -0.25) is 0 Å². The molecule has 18 heavy (non-hydrogen) atoms. The van der Waals surface area contributed by atoms with E-state index in [2.05, 4.69) is 4.98 Å². The number of hydrogen-bond donors (Lipinski definition) is 0. The second kappa shape index (κ2) is 3.94. The van der Waals surface area contributed by atoms with E-state index >= 15 is 0 Å². The van der Waals surface area contributed by atoms with Crippen molar-refractivity contribution in [3.05, 3.63) is 27.8 Å². The summed E-state index contributed by atoms with van der Waals surface area (Å²) in [6, 6.07) is 0.918. The number of aryl methyl sites for hydroxylation is 2. The fourth-order valence-electron chi connectivity index (χ4n) is 1.79. The second-order valence-corrected chi connectivity index (χ2v) is 4.83. The molecule has 2 rings (SSSR count). The van der Waals surface area contributed by atoms with Crippen molar-refractivity contribution in [2.75, 3.05) is 0 Å². The average molecular weight is 274 g/mol. The summed E-state index contributed by atoms with van der Waals surface area (Å²) >= 11 is 0.703. The van der Waals surface area contributed by atoms with Gasteiger partial charge in [-0.2, -0.15) is 13.2 Å². The van der Waals surface area contributed by atoms with Gasteiger partial charge in [-0.25, -0.2) is 4.98 Å². The van der Waals surface area contributed by atoms with Gasteiger partial charge in [-0.15, -0.1) is 11.3 Å². The maximum absolute atomic E-state index is 12.9. The molecule has 2 aromatic rings. The third kappa shape index (κ3) is 1.94. The van der Waals surface area contributed by atoms with Crippen LogP contribution >= 0.6 is 11.3 Å². The monoisotopic (exact) mass is 274 g/mol. The fourth-order valence-corrected chi connectivity index (χ4v) is 2.87. The lowest BCUT2D eigenvalue weighted by Crippen LogP contribution is -2.21. The van der Waals surface area contributed by atoms with Crippen molar-refractivity contribution in [3.8, 4) is 0 Å². The lowest BCUT2D eigenvalue weighted by Gasteiger charge is -2.09. The number of halogens is 3. The number of alkyl halides is 3. The normalized spacial score (nSPS) is 12.1. The maximum atomic E-state index is 12.9. The Morgan fingerprint density at radius 1 is 1.39 bits per heavy atom. The Labute approximate surface area is 104 Å². The number of carboxylic acids is 1. The van der Waals surface area contributed by atoms with E-state index < -0.39 is 17.7 Å². The third-order valence-corrected chi connectivity index (χ3v) is 3.69. The summed E-state index contributed by atoms with van der Waals surface area (Å²) in [5, 5.41) is 10.7. The smallest absolute Gasteiger partial charge is 0.417 e. The minimum atomic E-state index is -4.54. The second-order valence-electron chi connectivity index (χ2n) is 3.83. The first-order valence-corrected chi connectivity index (χ1v) is 5.72. The summed E-state index contributed by atoms with van der Waals surface area (Å²) in [5.74, 6) is -1.48. The Hall–Kier alpha value is -1.63. The zero-order valence-corrected chi connectivity index (χ0v) is 10.2. The number of rotatable bonds is 1. The highest BCUT2D eigenvalue weighted by Gasteiger charge is 2.34. The molecule has 3 nitrogen and oxygen atoms in total. The number of aromatic nitrogens is 1. The van der Waals surface area contributed by atoms with Crippen molar-refractivity contribution in [2.45, 2.75) is 20.0 Å². The molecule has 0 spiro atoms. The number of hydrogen-bond acceptors (Lipinski definition) is 4. The Bertz CT molecular complexity index is 646. The fraction of sp³-hybridized carbons (Fsp3) is 0.273. The number of carbonyl (C=O) groups is 1. The van der Waals surface area contributed by atoms with Crippen molar-refractivity contribution < 1.29 is 23.1 Å². The van der Waals surface area contributed by atoms with Crippen LogP contribution in [0.5, 0.6) is 0 Å². The maximum Gasteiger partial charge on any atom is 0.417 e. The molecule has 96 valence electrons. The number of aromatic carboxylic acids is 1. The largest absolute Gasteiger partial charge is 0.544 e. The van der Waals surface area contributed by atoms with Gasteiger partial charge < -0.3 is 9.90 Å². The quantitative estimate of drug-likeness (QED) is 0.801. The molecule has 7 heteroatoms. The lowest BCUT2D eigenvalue weighted by atomic mass is 10.1. The Morgan fingerprint density at radius 2 is 2.00 bits per heavy atom. The van der Waals surface area contributed by atoms with Crippen LogP contribution in [-0.4, -0.2) is 11.0 Å². The molecule has 0 radical (unpaired) electrons. The van der Waals surface area contributed by atoms with Gasteiger partial charge in [0.05, 0.1) is 16.4 Å². The molecule has 0 aromatic carbocycles. The summed E-state index contributed by atoms with van der Waals surface area (Å²) in [4.78, 5) is 14.6. The highest BCUT2D eigenvalue weighted by molar-refractivity contribution is 7.20. The number of thiophene rings is 1. The van der Waals surface area contributed by atoms with Crippen molar-refractivity contribution in [2.24, 2.45) is 0 Å². The number of fused-ring (bicyclic) bond motifs is 1. The Morgan fingerprint density at radius 3 is 2.50 bits per heavy atom. The minimum Gasteiger partial charge on any atom is -0.544 e. The first kappa shape index (κ1) is 12.8. The van der Waals surface area contributed by atoms with Gasteiger partial charge in [0.1, 0.15) is 4.83 Å². The zero-order chi connectivity index (χ0) is 13.7. The van der Waals surface area contributed by atoms with Gasteiger partial charge in [0.25, 0.3) is 0 Å². The van der Waals surface area contributed by atoms with Crippen LogP contribution in [0.1, 0.15) is 26.5 Å². The summed E-state index contributed by atoms with van der Waals surface area (Å²) < 4.78 is 38.7. The molecule has 0 fully saturated rings. The first-order valence-electron chi connectivity index (χ1n) is 4.91.